The Bertz CT molecular complexity index is 300. The van der Waals surface area contributed by atoms with Crippen molar-refractivity contribution < 1.29 is 14.6 Å². The molecule has 0 atom stereocenters. The second kappa shape index (κ2) is 7.33. The highest BCUT2D eigenvalue weighted by atomic mass is 16.7. The van der Waals surface area contributed by atoms with E-state index >= 15 is 0 Å². The Morgan fingerprint density at radius 1 is 1.31 bits per heavy atom. The second-order valence-corrected chi connectivity index (χ2v) is 3.57. The maximum atomic E-state index is 8.71. The van der Waals surface area contributed by atoms with E-state index in [1.807, 2.05) is 12.1 Å². The Morgan fingerprint density at radius 2 is 2.06 bits per heavy atom. The molecule has 0 saturated heterocycles. The van der Waals surface area contributed by atoms with Gasteiger partial charge in [0.15, 0.2) is 0 Å². The van der Waals surface area contributed by atoms with Gasteiger partial charge in [0, 0.05) is 27.0 Å². The number of aryl methyl sites for hydroxylation is 1. The molecule has 0 aliphatic heterocycles. The maximum absolute atomic E-state index is 8.71. The molecule has 0 radical (unpaired) electrons. The van der Waals surface area contributed by atoms with Crippen molar-refractivity contribution in [3.05, 3.63) is 29.6 Å². The zero-order valence-electron chi connectivity index (χ0n) is 9.85. The molecular formula is C12H19NO3. The summed E-state index contributed by atoms with van der Waals surface area (Å²) in [5, 5.41) is 8.71. The third-order valence-electron chi connectivity index (χ3n) is 2.39. The fraction of sp³-hybridized carbons (Fsp3) is 0.583. The first kappa shape index (κ1) is 13.1. The van der Waals surface area contributed by atoms with Crippen molar-refractivity contribution in [2.45, 2.75) is 25.6 Å². The Kier molecular flexibility index (Phi) is 6.00. The first-order valence-corrected chi connectivity index (χ1v) is 5.43. The molecule has 0 amide bonds. The largest absolute Gasteiger partial charge is 0.396 e. The molecule has 1 aromatic rings. The number of nitrogens with zero attached hydrogens (tertiary/aromatic N) is 1. The van der Waals surface area contributed by atoms with Gasteiger partial charge in [0.1, 0.15) is 0 Å². The number of aliphatic hydroxyl groups is 1. The molecule has 1 heterocycles. The zero-order chi connectivity index (χ0) is 11.8. The van der Waals surface area contributed by atoms with Gasteiger partial charge < -0.3 is 14.6 Å². The molecule has 0 fully saturated rings. The van der Waals surface area contributed by atoms with E-state index in [0.29, 0.717) is 0 Å². The van der Waals surface area contributed by atoms with E-state index in [2.05, 4.69) is 4.98 Å². The number of pyridine rings is 1. The van der Waals surface area contributed by atoms with E-state index < -0.39 is 6.29 Å². The highest BCUT2D eigenvalue weighted by Gasteiger charge is 2.10. The molecule has 0 bridgehead atoms. The Balaban J connectivity index is 2.62. The number of hydrogen-bond donors (Lipinski definition) is 1. The van der Waals surface area contributed by atoms with E-state index in [1.165, 1.54) is 5.56 Å². The van der Waals surface area contributed by atoms with Gasteiger partial charge in [0.2, 0.25) is 6.29 Å². The fourth-order valence-corrected chi connectivity index (χ4v) is 1.56. The van der Waals surface area contributed by atoms with Gasteiger partial charge in [-0.2, -0.15) is 0 Å². The van der Waals surface area contributed by atoms with Crippen molar-refractivity contribution in [3.8, 4) is 0 Å². The summed E-state index contributed by atoms with van der Waals surface area (Å²) in [7, 11) is 3.18. The minimum Gasteiger partial charge on any atom is -0.396 e. The van der Waals surface area contributed by atoms with Crippen LogP contribution in [0.3, 0.4) is 0 Å². The van der Waals surface area contributed by atoms with Crippen LogP contribution in [-0.4, -0.2) is 30.9 Å². The summed E-state index contributed by atoms with van der Waals surface area (Å²) in [5.74, 6) is 0. The van der Waals surface area contributed by atoms with Crippen LogP contribution in [0.5, 0.6) is 0 Å². The van der Waals surface area contributed by atoms with E-state index in [-0.39, 0.29) is 6.61 Å². The van der Waals surface area contributed by atoms with Crippen molar-refractivity contribution >= 4 is 0 Å². The normalized spacial score (nSPS) is 11.0. The molecule has 1 N–H and O–H groups in total. The minimum atomic E-state index is -0.405. The quantitative estimate of drug-likeness (QED) is 0.566. The van der Waals surface area contributed by atoms with Crippen molar-refractivity contribution in [3.63, 3.8) is 0 Å². The number of rotatable bonds is 7. The van der Waals surface area contributed by atoms with Crippen LogP contribution in [0, 0.1) is 0 Å². The van der Waals surface area contributed by atoms with E-state index in [9.17, 15) is 0 Å². The molecule has 0 saturated carbocycles. The average Bonchev–Trinajstić information content (AvgIpc) is 2.32. The number of ether oxygens (including phenoxy) is 2. The van der Waals surface area contributed by atoms with Gasteiger partial charge in [0.05, 0.1) is 5.69 Å². The monoisotopic (exact) mass is 225 g/mol. The smallest absolute Gasteiger partial charge is 0.200 e. The van der Waals surface area contributed by atoms with Crippen molar-refractivity contribution in [1.82, 2.24) is 4.98 Å². The molecule has 16 heavy (non-hydrogen) atoms. The number of hydrogen-bond acceptors (Lipinski definition) is 4. The summed E-state index contributed by atoms with van der Waals surface area (Å²) in [6.45, 7) is 0.247. The molecule has 0 spiro atoms. The fourth-order valence-electron chi connectivity index (χ4n) is 1.56. The molecule has 90 valence electrons. The lowest BCUT2D eigenvalue weighted by Crippen LogP contribution is -2.06. The van der Waals surface area contributed by atoms with Gasteiger partial charge in [0.25, 0.3) is 0 Å². The molecular weight excluding hydrogens is 206 g/mol. The van der Waals surface area contributed by atoms with Crippen LogP contribution in [0.4, 0.5) is 0 Å². The molecule has 0 aliphatic rings. The predicted octanol–water partition coefficient (Wildman–Crippen LogP) is 1.69. The van der Waals surface area contributed by atoms with Gasteiger partial charge >= 0.3 is 0 Å². The molecule has 0 unspecified atom stereocenters. The van der Waals surface area contributed by atoms with E-state index in [4.69, 9.17) is 14.6 Å². The van der Waals surface area contributed by atoms with Crippen LogP contribution < -0.4 is 0 Å². The molecule has 1 aromatic heterocycles. The first-order chi connectivity index (χ1) is 7.81. The zero-order valence-corrected chi connectivity index (χ0v) is 9.85. The van der Waals surface area contributed by atoms with Gasteiger partial charge in [-0.15, -0.1) is 0 Å². The van der Waals surface area contributed by atoms with Crippen molar-refractivity contribution in [2.24, 2.45) is 0 Å². The van der Waals surface area contributed by atoms with E-state index in [0.717, 1.165) is 25.0 Å². The Labute approximate surface area is 96.2 Å². The third-order valence-corrected chi connectivity index (χ3v) is 2.39. The highest BCUT2D eigenvalue weighted by molar-refractivity contribution is 5.17. The SMILES string of the molecule is COC(OC)c1cc(CCCCO)ccn1. The lowest BCUT2D eigenvalue weighted by molar-refractivity contribution is -0.108. The van der Waals surface area contributed by atoms with Crippen LogP contribution in [-0.2, 0) is 15.9 Å². The topological polar surface area (TPSA) is 51.6 Å². The highest BCUT2D eigenvalue weighted by Crippen LogP contribution is 2.16. The molecule has 0 aliphatic carbocycles. The van der Waals surface area contributed by atoms with Crippen LogP contribution in [0.15, 0.2) is 18.3 Å². The van der Waals surface area contributed by atoms with Crippen LogP contribution in [0.2, 0.25) is 0 Å². The summed E-state index contributed by atoms with van der Waals surface area (Å²) in [5.41, 5.74) is 1.98. The number of aromatic nitrogens is 1. The lowest BCUT2D eigenvalue weighted by Gasteiger charge is -2.13. The predicted molar refractivity (Wildman–Crippen MR) is 61.0 cm³/mol. The Morgan fingerprint density at radius 3 is 2.69 bits per heavy atom. The third kappa shape index (κ3) is 3.89. The number of methoxy groups -OCH3 is 2. The van der Waals surface area contributed by atoms with E-state index in [1.54, 1.807) is 20.4 Å². The summed E-state index contributed by atoms with van der Waals surface area (Å²) in [6.07, 6.45) is 4.10. The summed E-state index contributed by atoms with van der Waals surface area (Å²) < 4.78 is 10.3. The van der Waals surface area contributed by atoms with Crippen molar-refractivity contribution in [2.75, 3.05) is 20.8 Å². The van der Waals surface area contributed by atoms with Crippen molar-refractivity contribution in [1.29, 1.82) is 0 Å². The first-order valence-electron chi connectivity index (χ1n) is 5.43. The number of aliphatic hydroxyl groups excluding tert-OH is 1. The van der Waals surface area contributed by atoms with Gasteiger partial charge in [-0.25, -0.2) is 0 Å². The standard InChI is InChI=1S/C12H19NO3/c1-15-12(16-2)11-9-10(6-7-13-11)5-3-4-8-14/h6-7,9,12,14H,3-5,8H2,1-2H3. The van der Waals surface area contributed by atoms with Gasteiger partial charge in [-0.05, 0) is 37.0 Å². The summed E-state index contributed by atoms with van der Waals surface area (Å²) in [4.78, 5) is 4.21. The van der Waals surface area contributed by atoms with Crippen LogP contribution in [0.1, 0.15) is 30.4 Å². The molecule has 0 aromatic carbocycles. The van der Waals surface area contributed by atoms with Crippen LogP contribution in [0.25, 0.3) is 0 Å². The maximum Gasteiger partial charge on any atom is 0.200 e. The lowest BCUT2D eigenvalue weighted by atomic mass is 10.1. The molecule has 4 heteroatoms. The van der Waals surface area contributed by atoms with Gasteiger partial charge in [-0.3, -0.25) is 4.98 Å². The second-order valence-electron chi connectivity index (χ2n) is 3.57. The number of unbranched alkanes of at least 4 members (excludes halogenated alkanes) is 1. The average molecular weight is 225 g/mol. The molecule has 4 nitrogen and oxygen atoms in total. The van der Waals surface area contributed by atoms with Crippen LogP contribution >= 0.6 is 0 Å². The minimum absolute atomic E-state index is 0.247. The molecule has 1 rings (SSSR count). The summed E-state index contributed by atoms with van der Waals surface area (Å²) in [6, 6.07) is 3.96. The summed E-state index contributed by atoms with van der Waals surface area (Å²) >= 11 is 0. The van der Waals surface area contributed by atoms with Gasteiger partial charge in [-0.1, -0.05) is 0 Å². The Hall–Kier alpha value is -0.970.